The van der Waals surface area contributed by atoms with Crippen LogP contribution < -0.4 is 10.6 Å². The van der Waals surface area contributed by atoms with Gasteiger partial charge in [-0.2, -0.15) is 0 Å². The number of thiophene rings is 2. The highest BCUT2D eigenvalue weighted by molar-refractivity contribution is 7.15. The number of amides is 2. The summed E-state index contributed by atoms with van der Waals surface area (Å²) in [5, 5.41) is 10.2. The van der Waals surface area contributed by atoms with Crippen molar-refractivity contribution in [3.8, 4) is 0 Å². The van der Waals surface area contributed by atoms with Crippen molar-refractivity contribution in [2.75, 3.05) is 25.1 Å². The van der Waals surface area contributed by atoms with Crippen molar-refractivity contribution in [2.45, 2.75) is 30.9 Å². The van der Waals surface area contributed by atoms with Crippen molar-refractivity contribution in [1.82, 2.24) is 5.32 Å². The average molecular weight is 393 g/mol. The van der Waals surface area contributed by atoms with Gasteiger partial charge in [0.15, 0.2) is 0 Å². The van der Waals surface area contributed by atoms with E-state index in [1.165, 1.54) is 22.7 Å². The van der Waals surface area contributed by atoms with E-state index in [-0.39, 0.29) is 23.5 Å². The summed E-state index contributed by atoms with van der Waals surface area (Å²) in [5.41, 5.74) is 0.254. The van der Waals surface area contributed by atoms with Gasteiger partial charge in [0, 0.05) is 25.7 Å². The number of anilines is 1. The van der Waals surface area contributed by atoms with Crippen molar-refractivity contribution in [2.24, 2.45) is 0 Å². The summed E-state index contributed by atoms with van der Waals surface area (Å²) in [7, 11) is 0. The summed E-state index contributed by atoms with van der Waals surface area (Å²) in [5.74, 6) is -0.349. The van der Waals surface area contributed by atoms with Crippen LogP contribution in [0.5, 0.6) is 0 Å². The highest BCUT2D eigenvalue weighted by Gasteiger charge is 2.41. The van der Waals surface area contributed by atoms with Crippen LogP contribution in [-0.2, 0) is 9.47 Å². The van der Waals surface area contributed by atoms with Gasteiger partial charge in [0.2, 0.25) is 0 Å². The van der Waals surface area contributed by atoms with Gasteiger partial charge in [-0.25, -0.2) is 0 Å². The number of ether oxygens (including phenoxy) is 2. The predicted octanol–water partition coefficient (Wildman–Crippen LogP) is 3.13. The van der Waals surface area contributed by atoms with Crippen LogP contribution in [0.25, 0.3) is 0 Å². The fraction of sp³-hybridized carbons (Fsp3) is 0.444. The van der Waals surface area contributed by atoms with Crippen molar-refractivity contribution in [3.63, 3.8) is 0 Å². The third kappa shape index (κ3) is 3.68. The minimum absolute atomic E-state index is 0.0543. The molecule has 2 fully saturated rings. The van der Waals surface area contributed by atoms with Gasteiger partial charge in [-0.15, -0.1) is 22.7 Å². The highest BCUT2D eigenvalue weighted by atomic mass is 32.1. The second kappa shape index (κ2) is 7.48. The number of carbonyl (C=O) groups excluding carboxylic acids is 2. The van der Waals surface area contributed by atoms with E-state index in [9.17, 15) is 9.59 Å². The van der Waals surface area contributed by atoms with Crippen molar-refractivity contribution in [3.05, 3.63) is 39.4 Å². The topological polar surface area (TPSA) is 76.7 Å². The number of nitrogens with one attached hydrogen (secondary N) is 2. The smallest absolute Gasteiger partial charge is 0.266 e. The normalized spacial score (nSPS) is 25.3. The van der Waals surface area contributed by atoms with Crippen molar-refractivity contribution < 1.29 is 19.1 Å². The van der Waals surface area contributed by atoms with Crippen LogP contribution in [0, 0.1) is 0 Å². The van der Waals surface area contributed by atoms with Gasteiger partial charge in [0.05, 0.1) is 22.6 Å². The molecule has 8 heteroatoms. The zero-order chi connectivity index (χ0) is 18.0. The van der Waals surface area contributed by atoms with Gasteiger partial charge in [-0.1, -0.05) is 6.07 Å². The van der Waals surface area contributed by atoms with Crippen molar-refractivity contribution >= 4 is 39.5 Å². The zero-order valence-electron chi connectivity index (χ0n) is 14.2. The molecule has 2 aromatic heterocycles. The fourth-order valence-electron chi connectivity index (χ4n) is 3.43. The van der Waals surface area contributed by atoms with Gasteiger partial charge < -0.3 is 20.1 Å². The van der Waals surface area contributed by atoms with E-state index in [1.807, 2.05) is 16.8 Å². The molecule has 2 aliphatic heterocycles. The molecule has 0 radical (unpaired) electrons. The first-order valence-corrected chi connectivity index (χ1v) is 10.4. The van der Waals surface area contributed by atoms with E-state index in [0.29, 0.717) is 35.3 Å². The van der Waals surface area contributed by atoms with Crippen LogP contribution in [0.4, 0.5) is 5.00 Å². The molecule has 2 aromatic rings. The average Bonchev–Trinajstić information content (AvgIpc) is 3.36. The summed E-state index contributed by atoms with van der Waals surface area (Å²) in [6.45, 7) is 1.93. The molecule has 1 spiro atoms. The molecule has 2 N–H and O–H groups in total. The van der Waals surface area contributed by atoms with Gasteiger partial charge >= 0.3 is 0 Å². The summed E-state index contributed by atoms with van der Waals surface area (Å²) in [6, 6.07) is 5.39. The third-order valence-corrected chi connectivity index (χ3v) is 6.48. The number of carbonyl (C=O) groups is 2. The molecule has 4 rings (SSSR count). The van der Waals surface area contributed by atoms with E-state index in [2.05, 4.69) is 10.6 Å². The minimum atomic E-state index is -0.249. The lowest BCUT2D eigenvalue weighted by atomic mass is 9.89. The van der Waals surface area contributed by atoms with Gasteiger partial charge in [0.1, 0.15) is 5.00 Å². The molecule has 2 atom stereocenters. The van der Waals surface area contributed by atoms with Crippen LogP contribution in [0.2, 0.25) is 0 Å². The van der Waals surface area contributed by atoms with Crippen LogP contribution >= 0.6 is 22.7 Å². The highest BCUT2D eigenvalue weighted by Crippen LogP contribution is 2.33. The summed E-state index contributed by atoms with van der Waals surface area (Å²) in [4.78, 5) is 25.6. The fourth-order valence-corrected chi connectivity index (χ4v) is 4.83. The van der Waals surface area contributed by atoms with Crippen molar-refractivity contribution in [1.29, 1.82) is 0 Å². The molecule has 2 unspecified atom stereocenters. The molecule has 2 saturated heterocycles. The second-order valence-electron chi connectivity index (χ2n) is 6.59. The Morgan fingerprint density at radius 2 is 2.08 bits per heavy atom. The maximum absolute atomic E-state index is 12.7. The Morgan fingerprint density at radius 3 is 2.85 bits per heavy atom. The molecule has 0 bridgehead atoms. The summed E-state index contributed by atoms with van der Waals surface area (Å²) in [6.07, 6.45) is 2.42. The summed E-state index contributed by atoms with van der Waals surface area (Å²) >= 11 is 2.72. The lowest BCUT2D eigenvalue weighted by molar-refractivity contribution is -0.0880. The monoisotopic (exact) mass is 392 g/mol. The maximum Gasteiger partial charge on any atom is 0.266 e. The molecular weight excluding hydrogens is 372 g/mol. The second-order valence-corrected chi connectivity index (χ2v) is 8.46. The van der Waals surface area contributed by atoms with Gasteiger partial charge in [-0.05, 0) is 35.7 Å². The Morgan fingerprint density at radius 1 is 1.15 bits per heavy atom. The first kappa shape index (κ1) is 17.7. The third-order valence-electron chi connectivity index (χ3n) is 4.78. The van der Waals surface area contributed by atoms with E-state index in [1.54, 1.807) is 12.1 Å². The molecule has 0 aliphatic carbocycles. The molecule has 2 aliphatic rings. The van der Waals surface area contributed by atoms with Crippen LogP contribution in [0.15, 0.2) is 29.0 Å². The lowest BCUT2D eigenvalue weighted by Gasteiger charge is -2.37. The summed E-state index contributed by atoms with van der Waals surface area (Å²) < 4.78 is 11.4. The Bertz CT molecular complexity index is 781. The van der Waals surface area contributed by atoms with Crippen LogP contribution in [0.1, 0.15) is 39.3 Å². The standard InChI is InChI=1S/C18H20N2O4S2/c21-15(19-12-3-6-24-18(10-12)5-7-23-11-18)13-4-9-26-17(13)20-16(22)14-2-1-8-25-14/h1-2,4,8-9,12H,3,5-7,10-11H2,(H,19,21)(H,20,22). The quantitative estimate of drug-likeness (QED) is 0.838. The maximum atomic E-state index is 12.7. The van der Waals surface area contributed by atoms with E-state index in [4.69, 9.17) is 9.47 Å². The Hall–Kier alpha value is -1.74. The Labute approximate surface area is 159 Å². The van der Waals surface area contributed by atoms with Crippen LogP contribution in [0.3, 0.4) is 0 Å². The number of hydrogen-bond donors (Lipinski definition) is 2. The Kier molecular flexibility index (Phi) is 5.08. The number of rotatable bonds is 4. The minimum Gasteiger partial charge on any atom is -0.378 e. The zero-order valence-corrected chi connectivity index (χ0v) is 15.8. The lowest BCUT2D eigenvalue weighted by Crippen LogP contribution is -2.49. The van der Waals surface area contributed by atoms with Gasteiger partial charge in [-0.3, -0.25) is 9.59 Å². The van der Waals surface area contributed by atoms with E-state index >= 15 is 0 Å². The van der Waals surface area contributed by atoms with E-state index < -0.39 is 0 Å². The molecule has 26 heavy (non-hydrogen) atoms. The molecule has 4 heterocycles. The SMILES string of the molecule is O=C(Nc1sccc1C(=O)NC1CCOC2(CCOC2)C1)c1cccs1. The predicted molar refractivity (Wildman–Crippen MR) is 101 cm³/mol. The number of hydrogen-bond acceptors (Lipinski definition) is 6. The van der Waals surface area contributed by atoms with Crippen LogP contribution in [-0.4, -0.2) is 43.3 Å². The molecular formula is C18H20N2O4S2. The first-order valence-electron chi connectivity index (χ1n) is 8.60. The van der Waals surface area contributed by atoms with E-state index in [0.717, 1.165) is 19.3 Å². The largest absolute Gasteiger partial charge is 0.378 e. The first-order chi connectivity index (χ1) is 12.7. The molecule has 2 amide bonds. The molecule has 138 valence electrons. The van der Waals surface area contributed by atoms with Gasteiger partial charge in [0.25, 0.3) is 11.8 Å². The molecule has 6 nitrogen and oxygen atoms in total. The molecule has 0 aromatic carbocycles. The Balaban J connectivity index is 1.41. The molecule has 0 saturated carbocycles.